The summed E-state index contributed by atoms with van der Waals surface area (Å²) in [7, 11) is 0. The molecule has 1 amide bonds. The Morgan fingerprint density at radius 2 is 1.75 bits per heavy atom. The van der Waals surface area contributed by atoms with E-state index in [1.54, 1.807) is 16.8 Å². The van der Waals surface area contributed by atoms with Gasteiger partial charge in [0.1, 0.15) is 11.4 Å². The minimum atomic E-state index is -0.329. The molecule has 0 saturated heterocycles. The van der Waals surface area contributed by atoms with Crippen LogP contribution in [0.3, 0.4) is 0 Å². The zero-order chi connectivity index (χ0) is 22.7. The number of nitrogens with one attached hydrogen (secondary N) is 1. The van der Waals surface area contributed by atoms with E-state index in [0.717, 1.165) is 30.0 Å². The second-order valence-electron chi connectivity index (χ2n) is 7.49. The van der Waals surface area contributed by atoms with Crippen LogP contribution in [0, 0.1) is 12.7 Å². The van der Waals surface area contributed by atoms with E-state index < -0.39 is 0 Å². The molecule has 164 valence electrons. The monoisotopic (exact) mass is 431 g/mol. The molecule has 7 heteroatoms. The number of carbonyl (C=O) groups excluding carboxylic acids is 1. The van der Waals surface area contributed by atoms with Crippen molar-refractivity contribution in [3.8, 4) is 11.5 Å². The SMILES string of the molecule is CCN(CC)c1ccc(NC(=O)c2cnn(-c3ccc(F)cc3)c2-n2cccc2)c(C)c1. The highest BCUT2D eigenvalue weighted by Gasteiger charge is 2.20. The summed E-state index contributed by atoms with van der Waals surface area (Å²) in [6.45, 7) is 8.07. The number of benzene rings is 2. The zero-order valence-electron chi connectivity index (χ0n) is 18.4. The molecule has 4 rings (SSSR count). The van der Waals surface area contributed by atoms with Crippen molar-refractivity contribution in [1.29, 1.82) is 0 Å². The van der Waals surface area contributed by atoms with Gasteiger partial charge in [-0.15, -0.1) is 0 Å². The van der Waals surface area contributed by atoms with Gasteiger partial charge < -0.3 is 14.8 Å². The highest BCUT2D eigenvalue weighted by atomic mass is 19.1. The fourth-order valence-electron chi connectivity index (χ4n) is 3.76. The van der Waals surface area contributed by atoms with Gasteiger partial charge in [0.05, 0.1) is 11.9 Å². The van der Waals surface area contributed by atoms with Crippen molar-refractivity contribution in [2.75, 3.05) is 23.3 Å². The van der Waals surface area contributed by atoms with Crippen LogP contribution in [0.1, 0.15) is 29.8 Å². The van der Waals surface area contributed by atoms with Crippen molar-refractivity contribution in [2.24, 2.45) is 0 Å². The van der Waals surface area contributed by atoms with Gasteiger partial charge in [-0.05, 0) is 80.9 Å². The molecule has 6 nitrogen and oxygen atoms in total. The Kier molecular flexibility index (Phi) is 6.07. The predicted octanol–water partition coefficient (Wildman–Crippen LogP) is 5.21. The maximum atomic E-state index is 13.4. The Morgan fingerprint density at radius 1 is 1.06 bits per heavy atom. The summed E-state index contributed by atoms with van der Waals surface area (Å²) in [4.78, 5) is 15.5. The average Bonchev–Trinajstić information content (AvgIpc) is 3.46. The molecule has 0 atom stereocenters. The number of carbonyl (C=O) groups is 1. The van der Waals surface area contributed by atoms with Gasteiger partial charge in [-0.25, -0.2) is 9.07 Å². The van der Waals surface area contributed by atoms with Gasteiger partial charge in [0.15, 0.2) is 5.82 Å². The zero-order valence-corrected chi connectivity index (χ0v) is 18.4. The van der Waals surface area contributed by atoms with Crippen molar-refractivity contribution in [1.82, 2.24) is 14.3 Å². The first-order valence-electron chi connectivity index (χ1n) is 10.7. The Hall–Kier alpha value is -3.87. The maximum Gasteiger partial charge on any atom is 0.261 e. The first-order valence-corrected chi connectivity index (χ1v) is 10.7. The van der Waals surface area contributed by atoms with Crippen molar-refractivity contribution in [3.63, 3.8) is 0 Å². The Balaban J connectivity index is 1.68. The molecule has 0 aliphatic carbocycles. The molecule has 2 heterocycles. The highest BCUT2D eigenvalue weighted by molar-refractivity contribution is 6.06. The first-order chi connectivity index (χ1) is 15.5. The molecular weight excluding hydrogens is 405 g/mol. The lowest BCUT2D eigenvalue weighted by Crippen LogP contribution is -2.22. The Morgan fingerprint density at radius 3 is 2.38 bits per heavy atom. The third-order valence-electron chi connectivity index (χ3n) is 5.50. The lowest BCUT2D eigenvalue weighted by Gasteiger charge is -2.22. The van der Waals surface area contributed by atoms with E-state index >= 15 is 0 Å². The van der Waals surface area contributed by atoms with E-state index in [-0.39, 0.29) is 11.7 Å². The normalized spacial score (nSPS) is 10.9. The fraction of sp³-hybridized carbons (Fsp3) is 0.200. The van der Waals surface area contributed by atoms with Gasteiger partial charge in [0, 0.05) is 36.9 Å². The number of nitrogens with zero attached hydrogens (tertiary/aromatic N) is 4. The largest absolute Gasteiger partial charge is 0.372 e. The number of halogens is 1. The summed E-state index contributed by atoms with van der Waals surface area (Å²) in [6, 6.07) is 15.8. The Bertz CT molecular complexity index is 1210. The van der Waals surface area contributed by atoms with E-state index in [4.69, 9.17) is 0 Å². The number of amides is 1. The number of hydrogen-bond donors (Lipinski definition) is 1. The van der Waals surface area contributed by atoms with Crippen LogP contribution in [0.4, 0.5) is 15.8 Å². The highest BCUT2D eigenvalue weighted by Crippen LogP contribution is 2.25. The smallest absolute Gasteiger partial charge is 0.261 e. The van der Waals surface area contributed by atoms with Crippen LogP contribution in [-0.2, 0) is 0 Å². The summed E-state index contributed by atoms with van der Waals surface area (Å²) < 4.78 is 16.9. The minimum Gasteiger partial charge on any atom is -0.372 e. The first kappa shape index (κ1) is 21.4. The van der Waals surface area contributed by atoms with Crippen LogP contribution in [0.15, 0.2) is 73.2 Å². The molecule has 2 aromatic carbocycles. The molecule has 0 bridgehead atoms. The van der Waals surface area contributed by atoms with Crippen LogP contribution in [0.25, 0.3) is 11.5 Å². The van der Waals surface area contributed by atoms with Crippen molar-refractivity contribution < 1.29 is 9.18 Å². The number of aryl methyl sites for hydroxylation is 1. The molecule has 0 fully saturated rings. The summed E-state index contributed by atoms with van der Waals surface area (Å²) in [5.41, 5.74) is 3.93. The molecule has 0 radical (unpaired) electrons. The quantitative estimate of drug-likeness (QED) is 0.437. The predicted molar refractivity (Wildman–Crippen MR) is 126 cm³/mol. The number of rotatable bonds is 7. The summed E-state index contributed by atoms with van der Waals surface area (Å²) in [5.74, 6) is -0.0118. The van der Waals surface area contributed by atoms with E-state index in [2.05, 4.69) is 35.2 Å². The van der Waals surface area contributed by atoms with E-state index in [9.17, 15) is 9.18 Å². The van der Waals surface area contributed by atoms with Gasteiger partial charge in [-0.2, -0.15) is 5.10 Å². The van der Waals surface area contributed by atoms with Crippen molar-refractivity contribution in [3.05, 3.63) is 90.1 Å². The molecule has 2 aromatic heterocycles. The molecule has 0 aliphatic heterocycles. The molecule has 0 saturated carbocycles. The number of hydrogen-bond acceptors (Lipinski definition) is 3. The lowest BCUT2D eigenvalue weighted by molar-refractivity contribution is 0.102. The second kappa shape index (κ2) is 9.09. The molecule has 0 aliphatic rings. The number of aromatic nitrogens is 3. The Labute approximate surface area is 186 Å². The van der Waals surface area contributed by atoms with E-state index in [1.807, 2.05) is 48.1 Å². The molecule has 0 spiro atoms. The molecular formula is C25H26FN5O. The molecule has 4 aromatic rings. The average molecular weight is 432 g/mol. The van der Waals surface area contributed by atoms with Gasteiger partial charge in [0.2, 0.25) is 0 Å². The fourth-order valence-corrected chi connectivity index (χ4v) is 3.76. The van der Waals surface area contributed by atoms with E-state index in [0.29, 0.717) is 17.1 Å². The van der Waals surface area contributed by atoms with Gasteiger partial charge in [-0.3, -0.25) is 4.79 Å². The summed E-state index contributed by atoms with van der Waals surface area (Å²) in [5, 5.41) is 7.44. The summed E-state index contributed by atoms with van der Waals surface area (Å²) in [6.07, 6.45) is 5.23. The van der Waals surface area contributed by atoms with Crippen molar-refractivity contribution in [2.45, 2.75) is 20.8 Å². The van der Waals surface area contributed by atoms with Gasteiger partial charge in [-0.1, -0.05) is 0 Å². The van der Waals surface area contributed by atoms with Crippen LogP contribution < -0.4 is 10.2 Å². The van der Waals surface area contributed by atoms with Crippen LogP contribution in [0.5, 0.6) is 0 Å². The molecule has 0 unspecified atom stereocenters. The van der Waals surface area contributed by atoms with Gasteiger partial charge in [0.25, 0.3) is 5.91 Å². The van der Waals surface area contributed by atoms with Crippen molar-refractivity contribution >= 4 is 17.3 Å². The minimum absolute atomic E-state index is 0.263. The van der Waals surface area contributed by atoms with Crippen LogP contribution in [-0.4, -0.2) is 33.3 Å². The standard InChI is InChI=1S/C25H26FN5O/c1-4-29(5-2)21-12-13-23(18(3)16-21)28-24(32)22-17-27-31(20-10-8-19(26)9-11-20)25(22)30-14-6-7-15-30/h6-17H,4-5H2,1-3H3,(H,28,32). The lowest BCUT2D eigenvalue weighted by atomic mass is 10.1. The second-order valence-corrected chi connectivity index (χ2v) is 7.49. The van der Waals surface area contributed by atoms with Crippen LogP contribution in [0.2, 0.25) is 0 Å². The maximum absolute atomic E-state index is 13.4. The third-order valence-corrected chi connectivity index (χ3v) is 5.50. The number of anilines is 2. The van der Waals surface area contributed by atoms with Gasteiger partial charge >= 0.3 is 0 Å². The third kappa shape index (κ3) is 4.14. The van der Waals surface area contributed by atoms with E-state index in [1.165, 1.54) is 18.3 Å². The molecule has 32 heavy (non-hydrogen) atoms. The van der Waals surface area contributed by atoms with Crippen LogP contribution >= 0.6 is 0 Å². The topological polar surface area (TPSA) is 55.1 Å². The summed E-state index contributed by atoms with van der Waals surface area (Å²) >= 11 is 0. The molecule has 1 N–H and O–H groups in total.